The van der Waals surface area contributed by atoms with Crippen molar-refractivity contribution in [2.45, 2.75) is 57.8 Å². The number of hydrogen-bond donors (Lipinski definition) is 1. The van der Waals surface area contributed by atoms with Crippen LogP contribution in [-0.2, 0) is 26.1 Å². The molecule has 4 rings (SSSR count). The fourth-order valence-corrected chi connectivity index (χ4v) is 6.90. The van der Waals surface area contributed by atoms with Crippen molar-refractivity contribution in [3.05, 3.63) is 60.3 Å². The molecule has 0 spiro atoms. The molecule has 44 heavy (non-hydrogen) atoms. The molecule has 0 bridgehead atoms. The van der Waals surface area contributed by atoms with Crippen LogP contribution in [0.4, 0.5) is 0 Å². The van der Waals surface area contributed by atoms with E-state index in [4.69, 9.17) is 4.74 Å². The molecule has 2 aromatic heterocycles. The molecule has 240 valence electrons. The highest BCUT2D eigenvalue weighted by Crippen LogP contribution is 2.33. The maximum atomic E-state index is 13.7. The quantitative estimate of drug-likeness (QED) is 0.188. The molecule has 1 saturated heterocycles. The van der Waals surface area contributed by atoms with Gasteiger partial charge < -0.3 is 19.4 Å². The molecular weight excluding hydrogens is 602 g/mol. The van der Waals surface area contributed by atoms with Gasteiger partial charge in [0.25, 0.3) is 15.7 Å². The van der Waals surface area contributed by atoms with E-state index in [1.54, 1.807) is 13.8 Å². The number of piperidine rings is 1. The number of rotatable bonds is 15. The molecule has 0 unspecified atom stereocenters. The Morgan fingerprint density at radius 3 is 2.36 bits per heavy atom. The number of ether oxygens (including phenoxy) is 1. The summed E-state index contributed by atoms with van der Waals surface area (Å²) in [6.07, 6.45) is 2.58. The van der Waals surface area contributed by atoms with Gasteiger partial charge in [0.05, 0.1) is 22.8 Å². The third kappa shape index (κ3) is 7.42. The van der Waals surface area contributed by atoms with E-state index < -0.39 is 31.7 Å². The fourth-order valence-electron chi connectivity index (χ4n) is 5.40. The van der Waals surface area contributed by atoms with Crippen LogP contribution in [0.3, 0.4) is 0 Å². The predicted octanol–water partition coefficient (Wildman–Crippen LogP) is 2.57. The molecule has 0 atom stereocenters. The zero-order valence-electron chi connectivity index (χ0n) is 24.6. The minimum absolute atomic E-state index is 0.00983. The lowest BCUT2D eigenvalue weighted by atomic mass is 9.88. The number of sulfonamides is 1. The number of nitrogens with one attached hydrogen (secondary N) is 1. The number of benzene rings is 1. The van der Waals surface area contributed by atoms with Gasteiger partial charge in [-0.15, -0.1) is 25.3 Å². The van der Waals surface area contributed by atoms with E-state index >= 15 is 0 Å². The molecule has 18 heteroatoms. The highest BCUT2D eigenvalue weighted by molar-refractivity contribution is 7.89. The molecule has 0 saturated carbocycles. The number of nitrogens with zero attached hydrogens (tertiary/aromatic N) is 6. The van der Waals surface area contributed by atoms with Gasteiger partial charge in [0.15, 0.2) is 11.3 Å². The van der Waals surface area contributed by atoms with Crippen molar-refractivity contribution in [1.82, 2.24) is 23.9 Å². The van der Waals surface area contributed by atoms with Gasteiger partial charge in [-0.25, -0.2) is 17.9 Å². The van der Waals surface area contributed by atoms with Crippen LogP contribution in [0.2, 0.25) is 0 Å². The van der Waals surface area contributed by atoms with Crippen molar-refractivity contribution in [3.8, 4) is 17.1 Å². The molecule has 0 aliphatic carbocycles. The number of imidazole rings is 1. The highest BCUT2D eigenvalue weighted by atomic mass is 32.2. The fraction of sp³-hybridized carbons (Fsp3) is 0.577. The zero-order chi connectivity index (χ0) is 32.0. The Hall–Kier alpha value is -4.32. The minimum atomic E-state index is -3.97. The normalized spacial score (nSPS) is 14.6. The first-order chi connectivity index (χ1) is 20.9. The van der Waals surface area contributed by atoms with Crippen LogP contribution in [0.25, 0.3) is 16.9 Å². The van der Waals surface area contributed by atoms with Crippen LogP contribution < -0.4 is 10.3 Å². The molecule has 1 aliphatic heterocycles. The number of aromatic nitrogens is 4. The molecule has 17 nitrogen and oxygen atoms in total. The Morgan fingerprint density at radius 2 is 1.77 bits per heavy atom. The van der Waals surface area contributed by atoms with Gasteiger partial charge in [0.1, 0.15) is 24.8 Å². The Balaban J connectivity index is 1.57. The first kappa shape index (κ1) is 32.6. The number of aromatic amines is 1. The van der Waals surface area contributed by atoms with Gasteiger partial charge in [-0.05, 0) is 63.6 Å². The summed E-state index contributed by atoms with van der Waals surface area (Å²) < 4.78 is 36.1. The minimum Gasteiger partial charge on any atom is -0.493 e. The summed E-state index contributed by atoms with van der Waals surface area (Å²) in [4.78, 5) is 50.3. The number of aryl methyl sites for hydroxylation is 2. The Morgan fingerprint density at radius 1 is 1.11 bits per heavy atom. The van der Waals surface area contributed by atoms with E-state index in [2.05, 4.69) is 24.7 Å². The summed E-state index contributed by atoms with van der Waals surface area (Å²) in [5, 5.41) is 23.9. The second-order valence-corrected chi connectivity index (χ2v) is 12.4. The predicted molar refractivity (Wildman–Crippen MR) is 154 cm³/mol. The largest absolute Gasteiger partial charge is 0.493 e. The third-order valence-corrected chi connectivity index (χ3v) is 9.33. The lowest BCUT2D eigenvalue weighted by Gasteiger charge is -2.32. The monoisotopic (exact) mass is 637 g/mol. The van der Waals surface area contributed by atoms with Gasteiger partial charge in [0, 0.05) is 25.4 Å². The van der Waals surface area contributed by atoms with E-state index in [1.165, 1.54) is 27.0 Å². The van der Waals surface area contributed by atoms with Gasteiger partial charge >= 0.3 is 0 Å². The van der Waals surface area contributed by atoms with E-state index in [0.29, 0.717) is 60.6 Å². The number of hydrogen-bond acceptors (Lipinski definition) is 12. The molecule has 1 N–H and O–H groups in total. The van der Waals surface area contributed by atoms with Gasteiger partial charge in [0.2, 0.25) is 10.0 Å². The molecule has 3 aromatic rings. The van der Waals surface area contributed by atoms with Crippen LogP contribution in [0, 0.1) is 39.0 Å². The number of H-pyrrole nitrogens is 1. The van der Waals surface area contributed by atoms with E-state index in [1.807, 2.05) is 6.92 Å². The summed E-state index contributed by atoms with van der Waals surface area (Å²) in [5.74, 6) is 0.439. The second kappa shape index (κ2) is 14.0. The van der Waals surface area contributed by atoms with Crippen LogP contribution in [-0.4, -0.2) is 75.4 Å². The summed E-state index contributed by atoms with van der Waals surface area (Å²) in [6, 6.07) is 4.40. The summed E-state index contributed by atoms with van der Waals surface area (Å²) in [5.41, 5.74) is 0.750. The van der Waals surface area contributed by atoms with Gasteiger partial charge in [-0.1, -0.05) is 6.92 Å². The van der Waals surface area contributed by atoms with E-state index in [0.717, 1.165) is 6.42 Å². The maximum absolute atomic E-state index is 13.7. The van der Waals surface area contributed by atoms with Crippen molar-refractivity contribution in [2.24, 2.45) is 11.8 Å². The standard InChI is InChI=1S/C26H35N7O10S/c1-4-6-23-27-17(3)24-26(34)28-25(29-31(23)24)21-14-20(7-8-22(21)41-5-2)44(39,40)30-11-9-18(10-12-30)13-19(15-42-32(35)36)16-43-33(37)38/h7-8,14,18-19H,4-6,9-13,15-16H2,1-3H3,(H,28,29,34). The average Bonchev–Trinajstić information content (AvgIpc) is 3.30. The molecule has 3 heterocycles. The SMILES string of the molecule is CCCc1nc(C)c2c(=O)[nH]c(-c3cc(S(=O)(=O)N4CCC(CC(CO[N+](=O)[O-])CO[N+](=O)[O-])CC4)ccc3OCC)nn12. The maximum Gasteiger partial charge on any atom is 0.294 e. The molecule has 0 radical (unpaired) electrons. The lowest BCUT2D eigenvalue weighted by molar-refractivity contribution is -0.768. The summed E-state index contributed by atoms with van der Waals surface area (Å²) in [7, 11) is -3.97. The zero-order valence-corrected chi connectivity index (χ0v) is 25.4. The highest BCUT2D eigenvalue weighted by Gasteiger charge is 2.32. The van der Waals surface area contributed by atoms with E-state index in [-0.39, 0.29) is 42.9 Å². The molecular formula is C26H35N7O10S. The van der Waals surface area contributed by atoms with Crippen LogP contribution in [0.1, 0.15) is 51.0 Å². The molecule has 1 fully saturated rings. The lowest BCUT2D eigenvalue weighted by Crippen LogP contribution is -2.39. The average molecular weight is 638 g/mol. The first-order valence-corrected chi connectivity index (χ1v) is 15.7. The Kier molecular flexibility index (Phi) is 10.4. The topological polar surface area (TPSA) is 214 Å². The van der Waals surface area contributed by atoms with Crippen LogP contribution in [0.5, 0.6) is 5.75 Å². The van der Waals surface area contributed by atoms with Crippen molar-refractivity contribution in [2.75, 3.05) is 32.9 Å². The van der Waals surface area contributed by atoms with Crippen molar-refractivity contribution in [3.63, 3.8) is 0 Å². The van der Waals surface area contributed by atoms with Crippen molar-refractivity contribution >= 4 is 15.5 Å². The second-order valence-electron chi connectivity index (χ2n) is 10.5. The van der Waals surface area contributed by atoms with E-state index in [9.17, 15) is 33.4 Å². The summed E-state index contributed by atoms with van der Waals surface area (Å²) in [6.45, 7) is 5.41. The Labute approximate surface area is 252 Å². The van der Waals surface area contributed by atoms with Crippen LogP contribution >= 0.6 is 0 Å². The number of fused-ring (bicyclic) bond motifs is 1. The van der Waals surface area contributed by atoms with Crippen LogP contribution in [0.15, 0.2) is 27.9 Å². The first-order valence-electron chi connectivity index (χ1n) is 14.2. The molecule has 1 aliphatic rings. The Bertz CT molecular complexity index is 1650. The van der Waals surface area contributed by atoms with Crippen molar-refractivity contribution in [1.29, 1.82) is 0 Å². The van der Waals surface area contributed by atoms with Crippen molar-refractivity contribution < 1.29 is 33.0 Å². The summed E-state index contributed by atoms with van der Waals surface area (Å²) >= 11 is 0. The smallest absolute Gasteiger partial charge is 0.294 e. The molecule has 1 aromatic carbocycles. The van der Waals surface area contributed by atoms with Gasteiger partial charge in [-0.3, -0.25) is 4.79 Å². The van der Waals surface area contributed by atoms with Gasteiger partial charge in [-0.2, -0.15) is 4.31 Å². The molecule has 0 amide bonds. The third-order valence-electron chi connectivity index (χ3n) is 7.43.